The lowest BCUT2D eigenvalue weighted by atomic mass is 9.99. The van der Waals surface area contributed by atoms with Crippen molar-refractivity contribution >= 4 is 5.97 Å². The minimum atomic E-state index is -1.48. The minimum absolute atomic E-state index is 0.0398. The molecule has 0 aliphatic carbocycles. The molecular formula is C13H22O9. The van der Waals surface area contributed by atoms with Crippen LogP contribution in [0.2, 0.25) is 0 Å². The molecule has 0 aromatic rings. The van der Waals surface area contributed by atoms with Crippen molar-refractivity contribution in [3.8, 4) is 0 Å². The summed E-state index contributed by atoms with van der Waals surface area (Å²) in [5, 5.41) is 37.9. The number of carbonyl (C=O) groups excluding carboxylic acids is 1. The molecule has 4 N–H and O–H groups in total. The van der Waals surface area contributed by atoms with Crippen LogP contribution in [0.15, 0.2) is 12.7 Å². The summed E-state index contributed by atoms with van der Waals surface area (Å²) in [5.41, 5.74) is 0. The Kier molecular flexibility index (Phi) is 8.49. The number of aliphatic hydroxyl groups excluding tert-OH is 4. The van der Waals surface area contributed by atoms with Gasteiger partial charge in [0, 0.05) is 6.08 Å². The molecule has 0 aromatic carbocycles. The average Bonchev–Trinajstić information content (AvgIpc) is 2.53. The molecule has 128 valence electrons. The maximum absolute atomic E-state index is 10.7. The Hall–Kier alpha value is -1.07. The van der Waals surface area contributed by atoms with E-state index in [1.165, 1.54) is 0 Å². The van der Waals surface area contributed by atoms with Gasteiger partial charge in [0.25, 0.3) is 0 Å². The fraction of sp³-hybridized carbons (Fsp3) is 0.769. The van der Waals surface area contributed by atoms with Crippen molar-refractivity contribution in [3.63, 3.8) is 0 Å². The van der Waals surface area contributed by atoms with E-state index in [1.54, 1.807) is 0 Å². The second-order valence-corrected chi connectivity index (χ2v) is 4.55. The van der Waals surface area contributed by atoms with E-state index in [0.29, 0.717) is 0 Å². The summed E-state index contributed by atoms with van der Waals surface area (Å²) in [6.45, 7) is 3.14. The van der Waals surface area contributed by atoms with Crippen molar-refractivity contribution in [1.82, 2.24) is 0 Å². The van der Waals surface area contributed by atoms with Crippen molar-refractivity contribution in [1.29, 1.82) is 0 Å². The first-order chi connectivity index (χ1) is 10.5. The maximum Gasteiger partial charge on any atom is 0.330 e. The lowest BCUT2D eigenvalue weighted by molar-refractivity contribution is -0.302. The van der Waals surface area contributed by atoms with E-state index < -0.39 is 43.3 Å². The van der Waals surface area contributed by atoms with Gasteiger partial charge in [-0.3, -0.25) is 0 Å². The molecule has 1 rings (SSSR count). The zero-order valence-corrected chi connectivity index (χ0v) is 12.0. The van der Waals surface area contributed by atoms with Gasteiger partial charge < -0.3 is 39.4 Å². The number of aliphatic hydroxyl groups is 4. The van der Waals surface area contributed by atoms with Gasteiger partial charge in [0.15, 0.2) is 6.29 Å². The van der Waals surface area contributed by atoms with E-state index in [9.17, 15) is 20.1 Å². The number of ether oxygens (including phenoxy) is 4. The standard InChI is InChI=1S/C13H22O9/c1-2-9(15)20-5-3-19-4-6-21-13-12(18)11(17)10(16)8(7-14)22-13/h2,8,10-14,16-18H,1,3-7H2/t8-,10-,11+,12-,13?/m1/s1. The zero-order valence-electron chi connectivity index (χ0n) is 12.0. The smallest absolute Gasteiger partial charge is 0.330 e. The van der Waals surface area contributed by atoms with Gasteiger partial charge in [0.05, 0.1) is 26.4 Å². The maximum atomic E-state index is 10.7. The molecule has 0 radical (unpaired) electrons. The Labute approximate surface area is 127 Å². The third-order valence-corrected chi connectivity index (χ3v) is 3.00. The summed E-state index contributed by atoms with van der Waals surface area (Å²) in [5.74, 6) is -0.541. The molecule has 1 aliphatic heterocycles. The van der Waals surface area contributed by atoms with E-state index in [0.717, 1.165) is 6.08 Å². The number of rotatable bonds is 9. The van der Waals surface area contributed by atoms with E-state index in [-0.39, 0.29) is 26.4 Å². The van der Waals surface area contributed by atoms with Crippen LogP contribution in [0.4, 0.5) is 0 Å². The van der Waals surface area contributed by atoms with Crippen molar-refractivity contribution in [2.24, 2.45) is 0 Å². The molecule has 0 spiro atoms. The summed E-state index contributed by atoms with van der Waals surface area (Å²) < 4.78 is 20.1. The van der Waals surface area contributed by atoms with Crippen LogP contribution in [0.3, 0.4) is 0 Å². The van der Waals surface area contributed by atoms with E-state index in [4.69, 9.17) is 19.3 Å². The summed E-state index contributed by atoms with van der Waals surface area (Å²) in [6, 6.07) is 0. The number of hydrogen-bond acceptors (Lipinski definition) is 9. The molecule has 1 fully saturated rings. The molecule has 1 saturated heterocycles. The Morgan fingerprint density at radius 2 is 1.77 bits per heavy atom. The Morgan fingerprint density at radius 3 is 2.41 bits per heavy atom. The monoisotopic (exact) mass is 322 g/mol. The van der Waals surface area contributed by atoms with Crippen LogP contribution in [-0.2, 0) is 23.7 Å². The number of esters is 1. The molecule has 1 heterocycles. The lowest BCUT2D eigenvalue weighted by Crippen LogP contribution is -2.59. The molecule has 9 heteroatoms. The molecule has 0 saturated carbocycles. The molecular weight excluding hydrogens is 300 g/mol. The molecule has 5 atom stereocenters. The quantitative estimate of drug-likeness (QED) is 0.207. The van der Waals surface area contributed by atoms with Crippen LogP contribution in [0.5, 0.6) is 0 Å². The predicted molar refractivity (Wildman–Crippen MR) is 71.7 cm³/mol. The van der Waals surface area contributed by atoms with Crippen LogP contribution in [0.25, 0.3) is 0 Å². The van der Waals surface area contributed by atoms with Crippen LogP contribution in [0, 0.1) is 0 Å². The van der Waals surface area contributed by atoms with Gasteiger partial charge in [-0.2, -0.15) is 0 Å². The fourth-order valence-corrected chi connectivity index (χ4v) is 1.79. The summed E-state index contributed by atoms with van der Waals surface area (Å²) in [7, 11) is 0. The fourth-order valence-electron chi connectivity index (χ4n) is 1.79. The van der Waals surface area contributed by atoms with Gasteiger partial charge in [0.2, 0.25) is 0 Å². The first-order valence-electron chi connectivity index (χ1n) is 6.80. The third kappa shape index (κ3) is 5.61. The van der Waals surface area contributed by atoms with Gasteiger partial charge >= 0.3 is 5.97 Å². The molecule has 9 nitrogen and oxygen atoms in total. The normalized spacial score (nSPS) is 31.7. The van der Waals surface area contributed by atoms with E-state index in [1.807, 2.05) is 0 Å². The van der Waals surface area contributed by atoms with Crippen LogP contribution >= 0.6 is 0 Å². The molecule has 1 aliphatic rings. The molecule has 22 heavy (non-hydrogen) atoms. The Morgan fingerprint density at radius 1 is 1.09 bits per heavy atom. The molecule has 1 unspecified atom stereocenters. The topological polar surface area (TPSA) is 135 Å². The highest BCUT2D eigenvalue weighted by Crippen LogP contribution is 2.21. The minimum Gasteiger partial charge on any atom is -0.460 e. The highest BCUT2D eigenvalue weighted by molar-refractivity contribution is 5.81. The van der Waals surface area contributed by atoms with Crippen LogP contribution in [0.1, 0.15) is 0 Å². The van der Waals surface area contributed by atoms with Gasteiger partial charge in [-0.15, -0.1) is 0 Å². The second-order valence-electron chi connectivity index (χ2n) is 4.55. The predicted octanol–water partition coefficient (Wildman–Crippen LogP) is -2.45. The van der Waals surface area contributed by atoms with Crippen molar-refractivity contribution in [3.05, 3.63) is 12.7 Å². The molecule has 0 bridgehead atoms. The van der Waals surface area contributed by atoms with E-state index >= 15 is 0 Å². The third-order valence-electron chi connectivity index (χ3n) is 3.00. The molecule has 0 amide bonds. The van der Waals surface area contributed by atoms with Crippen LogP contribution in [-0.4, -0.2) is 90.1 Å². The van der Waals surface area contributed by atoms with Gasteiger partial charge in [-0.25, -0.2) is 4.79 Å². The van der Waals surface area contributed by atoms with Crippen molar-refractivity contribution in [2.75, 3.05) is 33.0 Å². The number of carbonyl (C=O) groups is 1. The highest BCUT2D eigenvalue weighted by Gasteiger charge is 2.43. The first kappa shape index (κ1) is 19.0. The summed E-state index contributed by atoms with van der Waals surface area (Å²) in [6.07, 6.45) is -5.49. The van der Waals surface area contributed by atoms with Crippen LogP contribution < -0.4 is 0 Å². The second kappa shape index (κ2) is 9.85. The Balaban J connectivity index is 2.18. The first-order valence-corrected chi connectivity index (χ1v) is 6.80. The van der Waals surface area contributed by atoms with Gasteiger partial charge in [0.1, 0.15) is 31.0 Å². The van der Waals surface area contributed by atoms with Crippen molar-refractivity contribution in [2.45, 2.75) is 30.7 Å². The lowest BCUT2D eigenvalue weighted by Gasteiger charge is -2.39. The highest BCUT2D eigenvalue weighted by atomic mass is 16.7. The van der Waals surface area contributed by atoms with E-state index in [2.05, 4.69) is 11.3 Å². The number of hydrogen-bond donors (Lipinski definition) is 4. The zero-order chi connectivity index (χ0) is 16.5. The average molecular weight is 322 g/mol. The SMILES string of the molecule is C=CC(=O)OCCOCCOC1O[C@H](CO)[C@@H](O)[C@H](O)[C@H]1O. The summed E-state index contributed by atoms with van der Waals surface area (Å²) >= 11 is 0. The largest absolute Gasteiger partial charge is 0.460 e. The van der Waals surface area contributed by atoms with Crippen molar-refractivity contribution < 1.29 is 44.2 Å². The molecule has 0 aromatic heterocycles. The summed E-state index contributed by atoms with van der Waals surface area (Å²) in [4.78, 5) is 10.7. The Bertz CT molecular complexity index is 346. The van der Waals surface area contributed by atoms with Gasteiger partial charge in [-0.1, -0.05) is 6.58 Å². The van der Waals surface area contributed by atoms with Gasteiger partial charge in [-0.05, 0) is 0 Å².